The largest absolute Gasteiger partial charge is 0.317 e. The van der Waals surface area contributed by atoms with Crippen LogP contribution in [0, 0.1) is 12.8 Å². The minimum absolute atomic E-state index is 0.134. The van der Waals surface area contributed by atoms with Crippen LogP contribution in [0.2, 0.25) is 0 Å². The van der Waals surface area contributed by atoms with Gasteiger partial charge in [-0.15, -0.1) is 0 Å². The number of amides is 2. The molecule has 0 bridgehead atoms. The average Bonchev–Trinajstić information content (AvgIpc) is 3.24. The number of aryl methyl sites for hydroxylation is 1. The van der Waals surface area contributed by atoms with Crippen molar-refractivity contribution in [3.05, 3.63) is 58.8 Å². The van der Waals surface area contributed by atoms with Gasteiger partial charge in [0.05, 0.1) is 4.91 Å². The van der Waals surface area contributed by atoms with Crippen LogP contribution < -0.4 is 0 Å². The zero-order valence-electron chi connectivity index (χ0n) is 15.6. The van der Waals surface area contributed by atoms with Gasteiger partial charge >= 0.3 is 0 Å². The third-order valence-corrected chi connectivity index (χ3v) is 6.32. The molecule has 2 fully saturated rings. The normalized spacial score (nSPS) is 20.0. The molecule has 1 saturated heterocycles. The Balaban J connectivity index is 1.55. The molecule has 2 heterocycles. The molecule has 0 radical (unpaired) electrons. The number of hydrogen-bond acceptors (Lipinski definition) is 3. The van der Waals surface area contributed by atoms with Crippen molar-refractivity contribution in [1.82, 2.24) is 9.47 Å². The van der Waals surface area contributed by atoms with E-state index in [1.54, 1.807) is 0 Å². The van der Waals surface area contributed by atoms with Crippen LogP contribution in [0.5, 0.6) is 0 Å². The van der Waals surface area contributed by atoms with Gasteiger partial charge in [0.25, 0.3) is 11.1 Å². The highest BCUT2D eigenvalue weighted by Gasteiger charge is 2.36. The fourth-order valence-electron chi connectivity index (χ4n) is 3.87. The molecular weight excluding hydrogens is 356 g/mol. The maximum atomic E-state index is 12.8. The van der Waals surface area contributed by atoms with E-state index in [4.69, 9.17) is 0 Å². The van der Waals surface area contributed by atoms with Crippen LogP contribution in [0.4, 0.5) is 4.79 Å². The number of carbonyl (C=O) groups excluding carboxylic acids is 2. The highest BCUT2D eigenvalue weighted by Crippen LogP contribution is 2.35. The van der Waals surface area contributed by atoms with Crippen LogP contribution in [-0.4, -0.2) is 27.2 Å². The lowest BCUT2D eigenvalue weighted by Crippen LogP contribution is -2.34. The van der Waals surface area contributed by atoms with Crippen LogP contribution in [-0.2, 0) is 4.79 Å². The summed E-state index contributed by atoms with van der Waals surface area (Å²) in [7, 11) is 0. The zero-order chi connectivity index (χ0) is 18.8. The Bertz CT molecular complexity index is 876. The highest BCUT2D eigenvalue weighted by molar-refractivity contribution is 8.18. The van der Waals surface area contributed by atoms with E-state index in [0.717, 1.165) is 36.0 Å². The molecule has 0 N–H and O–H groups in total. The zero-order valence-corrected chi connectivity index (χ0v) is 16.4. The van der Waals surface area contributed by atoms with E-state index in [-0.39, 0.29) is 11.1 Å². The van der Waals surface area contributed by atoms with Gasteiger partial charge in [-0.05, 0) is 67.8 Å². The fourth-order valence-corrected chi connectivity index (χ4v) is 4.70. The molecule has 27 heavy (non-hydrogen) atoms. The molecule has 4 nitrogen and oxygen atoms in total. The summed E-state index contributed by atoms with van der Waals surface area (Å²) < 4.78 is 2.04. The third kappa shape index (κ3) is 3.88. The predicted molar refractivity (Wildman–Crippen MR) is 110 cm³/mol. The molecular formula is C22H24N2O2S. The Morgan fingerprint density at radius 2 is 1.81 bits per heavy atom. The van der Waals surface area contributed by atoms with Crippen molar-refractivity contribution in [1.29, 1.82) is 0 Å². The number of aromatic nitrogens is 1. The van der Waals surface area contributed by atoms with Crippen molar-refractivity contribution in [2.75, 3.05) is 6.54 Å². The Kier molecular flexibility index (Phi) is 5.21. The quantitative estimate of drug-likeness (QED) is 0.667. The number of imide groups is 1. The van der Waals surface area contributed by atoms with E-state index in [1.807, 2.05) is 29.0 Å². The van der Waals surface area contributed by atoms with Gasteiger partial charge in [0.1, 0.15) is 0 Å². The van der Waals surface area contributed by atoms with Gasteiger partial charge in [-0.1, -0.05) is 37.0 Å². The summed E-state index contributed by atoms with van der Waals surface area (Å²) in [6, 6.07) is 12.2. The summed E-state index contributed by atoms with van der Waals surface area (Å²) in [5.41, 5.74) is 3.15. The van der Waals surface area contributed by atoms with Crippen molar-refractivity contribution in [3.8, 4) is 5.69 Å². The summed E-state index contributed by atoms with van der Waals surface area (Å²) in [5, 5.41) is -0.134. The van der Waals surface area contributed by atoms with Crippen LogP contribution in [0.1, 0.15) is 43.4 Å². The summed E-state index contributed by atoms with van der Waals surface area (Å²) in [4.78, 5) is 27.2. The monoisotopic (exact) mass is 380 g/mol. The van der Waals surface area contributed by atoms with E-state index in [2.05, 4.69) is 31.2 Å². The Hall–Kier alpha value is -2.27. The van der Waals surface area contributed by atoms with Crippen molar-refractivity contribution in [2.24, 2.45) is 5.92 Å². The molecule has 0 spiro atoms. The van der Waals surface area contributed by atoms with E-state index in [9.17, 15) is 9.59 Å². The van der Waals surface area contributed by atoms with E-state index >= 15 is 0 Å². The number of rotatable bonds is 4. The van der Waals surface area contributed by atoms with Crippen LogP contribution in [0.3, 0.4) is 0 Å². The van der Waals surface area contributed by atoms with Crippen molar-refractivity contribution in [3.63, 3.8) is 0 Å². The molecule has 1 aromatic carbocycles. The number of carbonyl (C=O) groups is 2. The van der Waals surface area contributed by atoms with E-state index in [0.29, 0.717) is 17.4 Å². The highest BCUT2D eigenvalue weighted by atomic mass is 32.2. The lowest BCUT2D eigenvalue weighted by Gasteiger charge is -2.25. The van der Waals surface area contributed by atoms with Gasteiger partial charge in [-0.2, -0.15) is 0 Å². The molecule has 1 aromatic heterocycles. The molecule has 1 aliphatic heterocycles. The maximum Gasteiger partial charge on any atom is 0.293 e. The first-order valence-corrected chi connectivity index (χ1v) is 10.4. The molecule has 4 rings (SSSR count). The lowest BCUT2D eigenvalue weighted by atomic mass is 9.89. The molecule has 0 unspecified atom stereocenters. The first kappa shape index (κ1) is 18.1. The van der Waals surface area contributed by atoms with Crippen LogP contribution in [0.25, 0.3) is 11.8 Å². The SMILES string of the molecule is Cc1ccc(-n2cccc2/C=C2/SC(=O)N(CC3CCCCC3)C2=O)cc1. The first-order valence-electron chi connectivity index (χ1n) is 9.61. The molecule has 0 atom stereocenters. The van der Waals surface area contributed by atoms with Gasteiger partial charge < -0.3 is 4.57 Å². The predicted octanol–water partition coefficient (Wildman–Crippen LogP) is 5.40. The topological polar surface area (TPSA) is 42.3 Å². The second-order valence-electron chi connectivity index (χ2n) is 7.43. The standard InChI is InChI=1S/C22H24N2O2S/c1-16-9-11-18(12-10-16)23-13-5-8-19(23)14-20-21(25)24(22(26)27-20)15-17-6-3-2-4-7-17/h5,8-14,17H,2-4,6-7,15H2,1H3/b20-14+. The molecule has 5 heteroatoms. The molecule has 2 amide bonds. The Morgan fingerprint density at radius 3 is 2.56 bits per heavy atom. The van der Waals surface area contributed by atoms with E-state index < -0.39 is 0 Å². The van der Waals surface area contributed by atoms with Crippen molar-refractivity contribution in [2.45, 2.75) is 39.0 Å². The van der Waals surface area contributed by atoms with Gasteiger partial charge in [0, 0.05) is 24.1 Å². The summed E-state index contributed by atoms with van der Waals surface area (Å²) in [5.74, 6) is 0.315. The second-order valence-corrected chi connectivity index (χ2v) is 8.43. The summed E-state index contributed by atoms with van der Waals surface area (Å²) >= 11 is 1.06. The fraction of sp³-hybridized carbons (Fsp3) is 0.364. The molecule has 2 aliphatic rings. The number of hydrogen-bond donors (Lipinski definition) is 0. The summed E-state index contributed by atoms with van der Waals surface area (Å²) in [6.07, 6.45) is 9.75. The number of nitrogens with zero attached hydrogens (tertiary/aromatic N) is 2. The van der Waals surface area contributed by atoms with Crippen molar-refractivity contribution < 1.29 is 9.59 Å². The number of benzene rings is 1. The smallest absolute Gasteiger partial charge is 0.293 e. The average molecular weight is 381 g/mol. The van der Waals surface area contributed by atoms with Gasteiger partial charge in [0.2, 0.25) is 0 Å². The number of thioether (sulfide) groups is 1. The third-order valence-electron chi connectivity index (χ3n) is 5.41. The van der Waals surface area contributed by atoms with Crippen molar-refractivity contribution >= 4 is 29.0 Å². The lowest BCUT2D eigenvalue weighted by molar-refractivity contribution is -0.123. The first-order chi connectivity index (χ1) is 13.1. The molecule has 1 saturated carbocycles. The van der Waals surface area contributed by atoms with Gasteiger partial charge in [-0.3, -0.25) is 14.5 Å². The van der Waals surface area contributed by atoms with Crippen LogP contribution >= 0.6 is 11.8 Å². The Morgan fingerprint density at radius 1 is 1.07 bits per heavy atom. The minimum atomic E-state index is -0.146. The minimum Gasteiger partial charge on any atom is -0.317 e. The molecule has 1 aliphatic carbocycles. The second kappa shape index (κ2) is 7.77. The Labute approximate surface area is 164 Å². The maximum absolute atomic E-state index is 12.8. The van der Waals surface area contributed by atoms with E-state index in [1.165, 1.54) is 29.7 Å². The molecule has 140 valence electrons. The van der Waals surface area contributed by atoms with Gasteiger partial charge in [-0.25, -0.2) is 0 Å². The van der Waals surface area contributed by atoms with Crippen LogP contribution in [0.15, 0.2) is 47.5 Å². The van der Waals surface area contributed by atoms with Gasteiger partial charge in [0.15, 0.2) is 0 Å². The molecule has 2 aromatic rings. The summed E-state index contributed by atoms with van der Waals surface area (Å²) in [6.45, 7) is 2.63.